The number of aryl methyl sites for hydroxylation is 1. The van der Waals surface area contributed by atoms with Gasteiger partial charge in [-0.25, -0.2) is 0 Å². The van der Waals surface area contributed by atoms with Crippen molar-refractivity contribution in [1.82, 2.24) is 20.0 Å². The van der Waals surface area contributed by atoms with Crippen molar-refractivity contribution >= 4 is 17.5 Å². The van der Waals surface area contributed by atoms with Crippen LogP contribution in [0.5, 0.6) is 0 Å². The molecule has 2 N–H and O–H groups in total. The maximum absolute atomic E-state index is 12.4. The zero-order valence-electron chi connectivity index (χ0n) is 15.8. The van der Waals surface area contributed by atoms with E-state index in [-0.39, 0.29) is 23.3 Å². The number of piperidine rings is 1. The summed E-state index contributed by atoms with van der Waals surface area (Å²) >= 11 is 0. The van der Waals surface area contributed by atoms with E-state index in [0.717, 1.165) is 44.6 Å². The van der Waals surface area contributed by atoms with Gasteiger partial charge in [-0.2, -0.15) is 5.10 Å². The van der Waals surface area contributed by atoms with Crippen LogP contribution in [0.3, 0.4) is 0 Å². The number of rotatable bonds is 7. The van der Waals surface area contributed by atoms with Gasteiger partial charge in [0, 0.05) is 24.2 Å². The highest BCUT2D eigenvalue weighted by atomic mass is 16.2. The molecule has 2 amide bonds. The van der Waals surface area contributed by atoms with Gasteiger partial charge in [0.2, 0.25) is 11.8 Å². The molecule has 7 nitrogen and oxygen atoms in total. The van der Waals surface area contributed by atoms with Crippen LogP contribution in [0.4, 0.5) is 5.69 Å². The number of likely N-dealkylation sites (tertiary alicyclic amines) is 1. The lowest BCUT2D eigenvalue weighted by Crippen LogP contribution is -2.49. The molecule has 1 aromatic rings. The van der Waals surface area contributed by atoms with Crippen LogP contribution < -0.4 is 10.6 Å². The Hall–Kier alpha value is -1.89. The van der Waals surface area contributed by atoms with Gasteiger partial charge < -0.3 is 10.6 Å². The van der Waals surface area contributed by atoms with E-state index < -0.39 is 0 Å². The Labute approximate surface area is 150 Å². The summed E-state index contributed by atoms with van der Waals surface area (Å²) in [6, 6.07) is 0. The fraction of sp³-hybridized carbons (Fsp3) is 0.722. The predicted molar refractivity (Wildman–Crippen MR) is 98.2 cm³/mol. The van der Waals surface area contributed by atoms with Crippen molar-refractivity contribution < 1.29 is 9.59 Å². The molecule has 0 atom stereocenters. The van der Waals surface area contributed by atoms with Gasteiger partial charge in [-0.1, -0.05) is 6.92 Å². The number of amides is 2. The van der Waals surface area contributed by atoms with Gasteiger partial charge in [-0.3, -0.25) is 19.2 Å². The molecule has 140 valence electrons. The van der Waals surface area contributed by atoms with Gasteiger partial charge in [0.15, 0.2) is 0 Å². The highest BCUT2D eigenvalue weighted by Gasteiger charge is 2.27. The van der Waals surface area contributed by atoms with Crippen molar-refractivity contribution in [2.45, 2.75) is 59.0 Å². The second-order valence-corrected chi connectivity index (χ2v) is 7.41. The molecule has 1 saturated heterocycles. The molecule has 0 radical (unpaired) electrons. The second kappa shape index (κ2) is 8.47. The monoisotopic (exact) mass is 349 g/mol. The molecule has 0 spiro atoms. The maximum atomic E-state index is 12.4. The lowest BCUT2D eigenvalue weighted by molar-refractivity contribution is -0.124. The summed E-state index contributed by atoms with van der Waals surface area (Å²) in [4.78, 5) is 26.6. The van der Waals surface area contributed by atoms with Crippen LogP contribution in [0.15, 0.2) is 12.4 Å². The van der Waals surface area contributed by atoms with Crippen LogP contribution in [0.25, 0.3) is 0 Å². The predicted octanol–water partition coefficient (Wildman–Crippen LogP) is 1.86. The lowest BCUT2D eigenvalue weighted by Gasteiger charge is -2.32. The molecule has 2 rings (SSSR count). The number of nitrogens with zero attached hydrogens (tertiary/aromatic N) is 3. The van der Waals surface area contributed by atoms with E-state index >= 15 is 0 Å². The van der Waals surface area contributed by atoms with E-state index in [2.05, 4.69) is 27.6 Å². The molecule has 1 fully saturated rings. The molecular formula is C18H31N5O2. The summed E-state index contributed by atoms with van der Waals surface area (Å²) in [7, 11) is 0. The molecule has 1 aliphatic rings. The summed E-state index contributed by atoms with van der Waals surface area (Å²) in [5, 5.41) is 10.2. The van der Waals surface area contributed by atoms with Crippen LogP contribution in [-0.4, -0.2) is 51.7 Å². The van der Waals surface area contributed by atoms with E-state index in [1.54, 1.807) is 10.9 Å². The average molecular weight is 349 g/mol. The minimum Gasteiger partial charge on any atom is -0.350 e. The number of carbonyl (C=O) groups excluding carboxylic acids is 2. The molecule has 1 aliphatic heterocycles. The smallest absolute Gasteiger partial charge is 0.234 e. The summed E-state index contributed by atoms with van der Waals surface area (Å²) in [5.41, 5.74) is 0.577. The number of carbonyl (C=O) groups is 2. The van der Waals surface area contributed by atoms with E-state index in [0.29, 0.717) is 6.54 Å². The van der Waals surface area contributed by atoms with Crippen molar-refractivity contribution in [2.24, 2.45) is 5.92 Å². The maximum Gasteiger partial charge on any atom is 0.234 e. The first-order valence-electron chi connectivity index (χ1n) is 9.19. The molecule has 0 bridgehead atoms. The first-order chi connectivity index (χ1) is 11.8. The van der Waals surface area contributed by atoms with E-state index in [1.807, 2.05) is 27.0 Å². The van der Waals surface area contributed by atoms with Gasteiger partial charge in [0.25, 0.3) is 0 Å². The van der Waals surface area contributed by atoms with Crippen molar-refractivity contribution in [3.8, 4) is 0 Å². The molecule has 0 aromatic carbocycles. The van der Waals surface area contributed by atoms with Crippen LogP contribution in [0, 0.1) is 5.92 Å². The quantitative estimate of drug-likeness (QED) is 0.787. The summed E-state index contributed by atoms with van der Waals surface area (Å²) in [6.07, 6.45) is 5.97. The second-order valence-electron chi connectivity index (χ2n) is 7.41. The standard InChI is InChI=1S/C18H31N5O2/c1-5-18(3,4)21-16(24)13-22-9-7-14(8-10-22)17(25)20-15-11-19-23(6-2)12-15/h11-12,14H,5-10,13H2,1-4H3,(H,20,25)(H,21,24). The minimum absolute atomic E-state index is 0.00336. The van der Waals surface area contributed by atoms with Crippen LogP contribution in [-0.2, 0) is 16.1 Å². The first kappa shape index (κ1) is 19.4. The molecule has 25 heavy (non-hydrogen) atoms. The Bertz CT molecular complexity index is 588. The minimum atomic E-state index is -0.168. The van der Waals surface area contributed by atoms with Crippen LogP contribution >= 0.6 is 0 Å². The molecule has 7 heteroatoms. The van der Waals surface area contributed by atoms with Gasteiger partial charge in [0.05, 0.1) is 18.4 Å². The molecule has 0 aliphatic carbocycles. The summed E-state index contributed by atoms with van der Waals surface area (Å²) < 4.78 is 1.79. The van der Waals surface area contributed by atoms with Crippen molar-refractivity contribution in [3.05, 3.63) is 12.4 Å². The van der Waals surface area contributed by atoms with Crippen LogP contribution in [0.2, 0.25) is 0 Å². The van der Waals surface area contributed by atoms with Crippen molar-refractivity contribution in [1.29, 1.82) is 0 Å². The van der Waals surface area contributed by atoms with Gasteiger partial charge >= 0.3 is 0 Å². The molecule has 0 unspecified atom stereocenters. The Morgan fingerprint density at radius 2 is 1.96 bits per heavy atom. The fourth-order valence-electron chi connectivity index (χ4n) is 2.91. The van der Waals surface area contributed by atoms with Gasteiger partial charge in [0.1, 0.15) is 0 Å². The average Bonchev–Trinajstić information content (AvgIpc) is 3.02. The number of anilines is 1. The molecule has 2 heterocycles. The number of aromatic nitrogens is 2. The zero-order chi connectivity index (χ0) is 18.4. The lowest BCUT2D eigenvalue weighted by atomic mass is 9.95. The first-order valence-corrected chi connectivity index (χ1v) is 9.19. The van der Waals surface area contributed by atoms with Gasteiger partial charge in [-0.05, 0) is 53.1 Å². The normalized spacial score (nSPS) is 16.6. The third-order valence-electron chi connectivity index (χ3n) is 4.91. The Balaban J connectivity index is 1.75. The summed E-state index contributed by atoms with van der Waals surface area (Å²) in [6.45, 7) is 10.9. The molecule has 1 aromatic heterocycles. The highest BCUT2D eigenvalue weighted by molar-refractivity contribution is 5.92. The third-order valence-corrected chi connectivity index (χ3v) is 4.91. The number of hydrogen-bond donors (Lipinski definition) is 2. The summed E-state index contributed by atoms with van der Waals surface area (Å²) in [5.74, 6) is 0.102. The fourth-order valence-corrected chi connectivity index (χ4v) is 2.91. The Morgan fingerprint density at radius 3 is 2.52 bits per heavy atom. The molecular weight excluding hydrogens is 318 g/mol. The largest absolute Gasteiger partial charge is 0.350 e. The van der Waals surface area contributed by atoms with E-state index in [1.165, 1.54) is 0 Å². The number of nitrogens with one attached hydrogen (secondary N) is 2. The zero-order valence-corrected chi connectivity index (χ0v) is 15.8. The number of hydrogen-bond acceptors (Lipinski definition) is 4. The SMILES string of the molecule is CCn1cc(NC(=O)C2CCN(CC(=O)NC(C)(C)CC)CC2)cn1. The highest BCUT2D eigenvalue weighted by Crippen LogP contribution is 2.19. The third kappa shape index (κ3) is 5.85. The van der Waals surface area contributed by atoms with Crippen molar-refractivity contribution in [2.75, 3.05) is 25.0 Å². The topological polar surface area (TPSA) is 79.3 Å². The Morgan fingerprint density at radius 1 is 1.28 bits per heavy atom. The van der Waals surface area contributed by atoms with Gasteiger partial charge in [-0.15, -0.1) is 0 Å². The van der Waals surface area contributed by atoms with Crippen LogP contribution in [0.1, 0.15) is 47.0 Å². The Kier molecular flexibility index (Phi) is 6.58. The van der Waals surface area contributed by atoms with E-state index in [4.69, 9.17) is 0 Å². The van der Waals surface area contributed by atoms with Crippen molar-refractivity contribution in [3.63, 3.8) is 0 Å². The van der Waals surface area contributed by atoms with E-state index in [9.17, 15) is 9.59 Å². The molecule has 0 saturated carbocycles.